The molecule has 1 aromatic carbocycles. The predicted octanol–water partition coefficient (Wildman–Crippen LogP) is -1.94. The molecule has 0 aliphatic rings. The third-order valence-corrected chi connectivity index (χ3v) is 4.95. The molecule has 0 fully saturated rings. The van der Waals surface area contributed by atoms with E-state index in [-0.39, 0.29) is 6.42 Å². The first kappa shape index (κ1) is 26.3. The average Bonchev–Trinajstić information content (AvgIpc) is 3.17. The van der Waals surface area contributed by atoms with Gasteiger partial charge in [0.05, 0.1) is 25.1 Å². The van der Waals surface area contributed by atoms with Crippen molar-refractivity contribution in [3.8, 4) is 0 Å². The van der Waals surface area contributed by atoms with E-state index in [4.69, 9.17) is 15.9 Å². The van der Waals surface area contributed by atoms with Crippen LogP contribution in [-0.4, -0.2) is 80.7 Å². The number of rotatable bonds is 12. The third kappa shape index (κ3) is 7.28. The maximum absolute atomic E-state index is 12.3. The fourth-order valence-electron chi connectivity index (χ4n) is 3.20. The van der Waals surface area contributed by atoms with Crippen LogP contribution in [0.25, 0.3) is 10.9 Å². The van der Waals surface area contributed by atoms with Crippen molar-refractivity contribution in [2.24, 2.45) is 5.73 Å². The van der Waals surface area contributed by atoms with Crippen LogP contribution in [0, 0.1) is 0 Å². The summed E-state index contributed by atoms with van der Waals surface area (Å²) in [6.07, 6.45) is -0.396. The van der Waals surface area contributed by atoms with Crippen molar-refractivity contribution in [3.05, 3.63) is 36.0 Å². The molecule has 3 amide bonds. The van der Waals surface area contributed by atoms with Crippen molar-refractivity contribution < 1.29 is 39.3 Å². The first-order chi connectivity index (χ1) is 16.0. The lowest BCUT2D eigenvalue weighted by Gasteiger charge is -2.22. The first-order valence-corrected chi connectivity index (χ1v) is 10.3. The quantitative estimate of drug-likeness (QED) is 0.170. The number of carboxylic acids is 2. The molecule has 34 heavy (non-hydrogen) atoms. The number of aromatic amines is 1. The van der Waals surface area contributed by atoms with Crippen molar-refractivity contribution in [1.82, 2.24) is 20.9 Å². The van der Waals surface area contributed by atoms with E-state index in [2.05, 4.69) is 15.6 Å². The van der Waals surface area contributed by atoms with Crippen LogP contribution in [0.3, 0.4) is 0 Å². The van der Waals surface area contributed by atoms with E-state index in [1.807, 2.05) is 29.6 Å². The monoisotopic (exact) mass is 477 g/mol. The lowest BCUT2D eigenvalue weighted by Crippen LogP contribution is -2.56. The maximum Gasteiger partial charge on any atom is 0.328 e. The summed E-state index contributed by atoms with van der Waals surface area (Å²) in [6.45, 7) is 0.529. The molecular formula is C21H27N5O8. The van der Waals surface area contributed by atoms with Gasteiger partial charge < -0.3 is 42.0 Å². The van der Waals surface area contributed by atoms with Gasteiger partial charge in [-0.1, -0.05) is 18.2 Å². The molecule has 2 rings (SSSR count). The Morgan fingerprint density at radius 1 is 1.06 bits per heavy atom. The lowest BCUT2D eigenvalue weighted by molar-refractivity contribution is -0.145. The van der Waals surface area contributed by atoms with Crippen LogP contribution >= 0.6 is 0 Å². The summed E-state index contributed by atoms with van der Waals surface area (Å²) in [5, 5.41) is 34.8. The number of H-pyrrole nitrogens is 1. The molecule has 184 valence electrons. The molecule has 0 saturated heterocycles. The van der Waals surface area contributed by atoms with E-state index < -0.39 is 66.9 Å². The van der Waals surface area contributed by atoms with Gasteiger partial charge in [-0.15, -0.1) is 0 Å². The van der Waals surface area contributed by atoms with Crippen LogP contribution in [0.5, 0.6) is 0 Å². The number of nitrogens with two attached hydrogens (primary N) is 1. The molecule has 4 atom stereocenters. The zero-order valence-corrected chi connectivity index (χ0v) is 18.3. The number of aromatic nitrogens is 1. The normalized spacial score (nSPS) is 14.4. The Bertz CT molecular complexity index is 1070. The summed E-state index contributed by atoms with van der Waals surface area (Å²) < 4.78 is 0. The van der Waals surface area contributed by atoms with E-state index in [0.717, 1.165) is 23.4 Å². The van der Waals surface area contributed by atoms with Crippen molar-refractivity contribution in [3.63, 3.8) is 0 Å². The minimum Gasteiger partial charge on any atom is -0.481 e. The highest BCUT2D eigenvalue weighted by Gasteiger charge is 2.30. The summed E-state index contributed by atoms with van der Waals surface area (Å²) in [5.74, 6) is -5.63. The standard InChI is InChI=1S/C21H27N5O8/c1-10(27)18(21(33)34)26-20(32)15(7-17(29)30)25-16(28)9-24-19(31)13(22)6-11-8-23-14-5-3-2-4-12(11)14/h2-5,8,10,13,15,18,23,27H,6-7,9,22H2,1H3,(H,24,31)(H,25,28)(H,26,32)(H,29,30)(H,33,34)/t10-,13+,15+,18+/m1/s1. The fraction of sp³-hybridized carbons (Fsp3) is 0.381. The fourth-order valence-corrected chi connectivity index (χ4v) is 3.20. The molecule has 0 unspecified atom stereocenters. The van der Waals surface area contributed by atoms with E-state index >= 15 is 0 Å². The molecular weight excluding hydrogens is 450 g/mol. The minimum absolute atomic E-state index is 0.192. The van der Waals surface area contributed by atoms with Crippen molar-refractivity contribution in [2.75, 3.05) is 6.54 Å². The molecule has 0 spiro atoms. The average molecular weight is 477 g/mol. The van der Waals surface area contributed by atoms with E-state index in [1.165, 1.54) is 0 Å². The third-order valence-electron chi connectivity index (χ3n) is 4.95. The molecule has 0 radical (unpaired) electrons. The number of aliphatic carboxylic acids is 2. The van der Waals surface area contributed by atoms with Gasteiger partial charge in [0.15, 0.2) is 6.04 Å². The highest BCUT2D eigenvalue weighted by molar-refractivity contribution is 5.94. The summed E-state index contributed by atoms with van der Waals surface area (Å²) in [7, 11) is 0. The largest absolute Gasteiger partial charge is 0.481 e. The van der Waals surface area contributed by atoms with Gasteiger partial charge in [-0.25, -0.2) is 4.79 Å². The predicted molar refractivity (Wildman–Crippen MR) is 118 cm³/mol. The van der Waals surface area contributed by atoms with E-state index in [0.29, 0.717) is 0 Å². The maximum atomic E-state index is 12.3. The second kappa shape index (κ2) is 11.8. The molecule has 2 aromatic rings. The minimum atomic E-state index is -1.71. The van der Waals surface area contributed by atoms with Crippen LogP contribution < -0.4 is 21.7 Å². The summed E-state index contributed by atoms with van der Waals surface area (Å²) in [6, 6.07) is 3.13. The molecule has 0 bridgehead atoms. The number of benzene rings is 1. The highest BCUT2D eigenvalue weighted by atomic mass is 16.4. The second-order valence-corrected chi connectivity index (χ2v) is 7.67. The Hall–Kier alpha value is -3.97. The Kier molecular flexibility index (Phi) is 9.10. The van der Waals surface area contributed by atoms with Gasteiger partial charge in [0.2, 0.25) is 17.7 Å². The summed E-state index contributed by atoms with van der Waals surface area (Å²) in [5.41, 5.74) is 7.63. The Morgan fingerprint density at radius 3 is 2.35 bits per heavy atom. The number of hydrogen-bond acceptors (Lipinski definition) is 7. The molecule has 1 aromatic heterocycles. The van der Waals surface area contributed by atoms with E-state index in [1.54, 1.807) is 6.20 Å². The molecule has 0 saturated carbocycles. The smallest absolute Gasteiger partial charge is 0.328 e. The Balaban J connectivity index is 1.92. The zero-order chi connectivity index (χ0) is 25.4. The van der Waals surface area contributed by atoms with Crippen LogP contribution in [0.4, 0.5) is 0 Å². The Labute approximate surface area is 193 Å². The number of nitrogens with one attached hydrogen (secondary N) is 4. The second-order valence-electron chi connectivity index (χ2n) is 7.67. The number of para-hydroxylation sites is 1. The van der Waals surface area contributed by atoms with Crippen molar-refractivity contribution in [1.29, 1.82) is 0 Å². The molecule has 0 aliphatic carbocycles. The van der Waals surface area contributed by atoms with Gasteiger partial charge in [-0.3, -0.25) is 19.2 Å². The summed E-state index contributed by atoms with van der Waals surface area (Å²) in [4.78, 5) is 62.1. The van der Waals surface area contributed by atoms with Crippen LogP contribution in [-0.2, 0) is 30.4 Å². The van der Waals surface area contributed by atoms with Crippen LogP contribution in [0.15, 0.2) is 30.5 Å². The number of amides is 3. The zero-order valence-electron chi connectivity index (χ0n) is 18.3. The summed E-state index contributed by atoms with van der Waals surface area (Å²) >= 11 is 0. The molecule has 9 N–H and O–H groups in total. The SMILES string of the molecule is C[C@@H](O)[C@H](NC(=O)[C@H](CC(=O)O)NC(=O)CNC(=O)[C@@H](N)Cc1c[nH]c2ccccc12)C(=O)O. The van der Waals surface area contributed by atoms with Crippen LogP contribution in [0.2, 0.25) is 0 Å². The number of carbonyl (C=O) groups excluding carboxylic acids is 3. The van der Waals surface area contributed by atoms with Gasteiger partial charge in [0.25, 0.3) is 0 Å². The highest BCUT2D eigenvalue weighted by Crippen LogP contribution is 2.18. The van der Waals surface area contributed by atoms with Gasteiger partial charge in [-0.2, -0.15) is 0 Å². The number of hydrogen-bond donors (Lipinski definition) is 8. The number of aliphatic hydroxyl groups excluding tert-OH is 1. The number of aliphatic hydroxyl groups is 1. The first-order valence-electron chi connectivity index (χ1n) is 10.3. The number of carboxylic acid groups (broad SMARTS) is 2. The molecule has 0 aliphatic heterocycles. The van der Waals surface area contributed by atoms with Gasteiger partial charge in [0, 0.05) is 17.1 Å². The van der Waals surface area contributed by atoms with Crippen LogP contribution in [0.1, 0.15) is 18.9 Å². The van der Waals surface area contributed by atoms with Gasteiger partial charge in [-0.05, 0) is 25.0 Å². The molecule has 13 nitrogen and oxygen atoms in total. The topological polar surface area (TPSA) is 224 Å². The van der Waals surface area contributed by atoms with Crippen molar-refractivity contribution in [2.45, 2.75) is 44.0 Å². The van der Waals surface area contributed by atoms with E-state index in [9.17, 15) is 29.1 Å². The van der Waals surface area contributed by atoms with Gasteiger partial charge >= 0.3 is 11.9 Å². The molecule has 1 heterocycles. The number of carbonyl (C=O) groups is 5. The van der Waals surface area contributed by atoms with Crippen molar-refractivity contribution >= 4 is 40.6 Å². The lowest BCUT2D eigenvalue weighted by atomic mass is 10.1. The molecule has 13 heteroatoms. The van der Waals surface area contributed by atoms with Gasteiger partial charge in [0.1, 0.15) is 6.04 Å². The Morgan fingerprint density at radius 2 is 1.74 bits per heavy atom. The number of fused-ring (bicyclic) bond motifs is 1.